The van der Waals surface area contributed by atoms with Gasteiger partial charge in [0.15, 0.2) is 5.11 Å². The monoisotopic (exact) mass is 262 g/mol. The molecule has 1 aromatic carbocycles. The third kappa shape index (κ3) is 3.22. The van der Waals surface area contributed by atoms with Gasteiger partial charge in [0, 0.05) is 18.8 Å². The van der Waals surface area contributed by atoms with E-state index in [1.165, 1.54) is 24.0 Å². The number of piperidine rings is 1. The van der Waals surface area contributed by atoms with Gasteiger partial charge < -0.3 is 10.2 Å². The van der Waals surface area contributed by atoms with Crippen LogP contribution in [-0.4, -0.2) is 23.1 Å². The first-order valence-electron chi connectivity index (χ1n) is 6.69. The number of hydrogen-bond acceptors (Lipinski definition) is 1. The Morgan fingerprint density at radius 2 is 2.11 bits per heavy atom. The van der Waals surface area contributed by atoms with Gasteiger partial charge in [-0.2, -0.15) is 0 Å². The number of hydrogen-bond donors (Lipinski definition) is 1. The highest BCUT2D eigenvalue weighted by Gasteiger charge is 2.18. The zero-order valence-electron chi connectivity index (χ0n) is 11.5. The maximum absolute atomic E-state index is 5.50. The van der Waals surface area contributed by atoms with Crippen LogP contribution in [0.2, 0.25) is 0 Å². The highest BCUT2D eigenvalue weighted by Crippen LogP contribution is 2.18. The molecule has 0 amide bonds. The third-order valence-electron chi connectivity index (χ3n) is 3.70. The van der Waals surface area contributed by atoms with E-state index >= 15 is 0 Å². The van der Waals surface area contributed by atoms with Gasteiger partial charge in [-0.05, 0) is 68.1 Å². The predicted octanol–water partition coefficient (Wildman–Crippen LogP) is 3.73. The quantitative estimate of drug-likeness (QED) is 0.776. The minimum Gasteiger partial charge on any atom is -0.349 e. The smallest absolute Gasteiger partial charge is 0.173 e. The van der Waals surface area contributed by atoms with Gasteiger partial charge in [0.25, 0.3) is 0 Å². The van der Waals surface area contributed by atoms with E-state index in [9.17, 15) is 0 Å². The minimum atomic E-state index is 0.748. The Kier molecular flexibility index (Phi) is 4.23. The molecule has 0 aliphatic carbocycles. The number of nitrogens with zero attached hydrogens (tertiary/aromatic N) is 1. The molecule has 2 rings (SSSR count). The van der Waals surface area contributed by atoms with Gasteiger partial charge >= 0.3 is 0 Å². The fourth-order valence-electron chi connectivity index (χ4n) is 2.40. The van der Waals surface area contributed by atoms with Gasteiger partial charge in [-0.25, -0.2) is 0 Å². The van der Waals surface area contributed by atoms with Crippen molar-refractivity contribution in [3.8, 4) is 0 Å². The molecule has 1 N–H and O–H groups in total. The van der Waals surface area contributed by atoms with Crippen molar-refractivity contribution < 1.29 is 0 Å². The average molecular weight is 262 g/mol. The van der Waals surface area contributed by atoms with Crippen molar-refractivity contribution in [2.24, 2.45) is 5.92 Å². The lowest BCUT2D eigenvalue weighted by atomic mass is 10.0. The van der Waals surface area contributed by atoms with E-state index in [1.807, 2.05) is 0 Å². The predicted molar refractivity (Wildman–Crippen MR) is 82.1 cm³/mol. The van der Waals surface area contributed by atoms with Crippen molar-refractivity contribution in [1.29, 1.82) is 0 Å². The summed E-state index contributed by atoms with van der Waals surface area (Å²) in [6, 6.07) is 6.40. The molecule has 1 aliphatic heterocycles. The van der Waals surface area contributed by atoms with Crippen LogP contribution in [0.25, 0.3) is 0 Å². The van der Waals surface area contributed by atoms with Gasteiger partial charge in [-0.3, -0.25) is 0 Å². The van der Waals surface area contributed by atoms with Gasteiger partial charge in [-0.1, -0.05) is 13.0 Å². The van der Waals surface area contributed by atoms with Crippen molar-refractivity contribution in [3.05, 3.63) is 29.3 Å². The van der Waals surface area contributed by atoms with Crippen molar-refractivity contribution in [3.63, 3.8) is 0 Å². The molecule has 1 saturated heterocycles. The lowest BCUT2D eigenvalue weighted by Gasteiger charge is -2.33. The van der Waals surface area contributed by atoms with Crippen LogP contribution in [0.15, 0.2) is 18.2 Å². The fourth-order valence-corrected chi connectivity index (χ4v) is 2.68. The first kappa shape index (κ1) is 13.3. The molecule has 0 bridgehead atoms. The van der Waals surface area contributed by atoms with Crippen LogP contribution >= 0.6 is 12.2 Å². The Labute approximate surface area is 115 Å². The number of anilines is 1. The second kappa shape index (κ2) is 5.70. The zero-order chi connectivity index (χ0) is 13.1. The summed E-state index contributed by atoms with van der Waals surface area (Å²) in [6.07, 6.45) is 2.57. The molecule has 3 heteroatoms. The van der Waals surface area contributed by atoms with Crippen LogP contribution in [-0.2, 0) is 0 Å². The standard InChI is InChI=1S/C15H22N2S/c1-11-5-4-8-17(10-11)15(18)16-14-7-6-12(2)13(3)9-14/h6-7,9,11H,4-5,8,10H2,1-3H3,(H,16,18)/t11-/m0/s1. The Balaban J connectivity index is 2.00. The highest BCUT2D eigenvalue weighted by molar-refractivity contribution is 7.80. The van der Waals surface area contributed by atoms with E-state index in [4.69, 9.17) is 12.2 Å². The van der Waals surface area contributed by atoms with E-state index in [0.29, 0.717) is 0 Å². The molecule has 1 atom stereocenters. The summed E-state index contributed by atoms with van der Waals surface area (Å²) in [5.41, 5.74) is 3.72. The second-order valence-electron chi connectivity index (χ2n) is 5.42. The van der Waals surface area contributed by atoms with Crippen molar-refractivity contribution in [2.75, 3.05) is 18.4 Å². The zero-order valence-corrected chi connectivity index (χ0v) is 12.3. The van der Waals surface area contributed by atoms with E-state index in [-0.39, 0.29) is 0 Å². The first-order valence-corrected chi connectivity index (χ1v) is 7.10. The molecule has 18 heavy (non-hydrogen) atoms. The molecule has 1 heterocycles. The summed E-state index contributed by atoms with van der Waals surface area (Å²) in [4.78, 5) is 2.29. The first-order chi connectivity index (χ1) is 8.56. The van der Waals surface area contributed by atoms with Gasteiger partial charge in [0.2, 0.25) is 0 Å². The average Bonchev–Trinajstić information content (AvgIpc) is 2.34. The Bertz CT molecular complexity index is 442. The molecular weight excluding hydrogens is 240 g/mol. The molecule has 1 aliphatic rings. The fraction of sp³-hybridized carbons (Fsp3) is 0.533. The van der Waals surface area contributed by atoms with Gasteiger partial charge in [0.05, 0.1) is 0 Å². The van der Waals surface area contributed by atoms with E-state index in [1.54, 1.807) is 0 Å². The lowest BCUT2D eigenvalue weighted by Crippen LogP contribution is -2.41. The van der Waals surface area contributed by atoms with Crippen LogP contribution in [0.1, 0.15) is 30.9 Å². The topological polar surface area (TPSA) is 15.3 Å². The maximum Gasteiger partial charge on any atom is 0.173 e. The van der Waals surface area contributed by atoms with E-state index in [2.05, 4.69) is 49.2 Å². The molecule has 0 radical (unpaired) electrons. The number of likely N-dealkylation sites (tertiary alicyclic amines) is 1. The molecule has 0 unspecified atom stereocenters. The number of benzene rings is 1. The lowest BCUT2D eigenvalue weighted by molar-refractivity contribution is 0.276. The van der Waals surface area contributed by atoms with E-state index in [0.717, 1.165) is 29.8 Å². The summed E-state index contributed by atoms with van der Waals surface area (Å²) in [7, 11) is 0. The van der Waals surface area contributed by atoms with Crippen molar-refractivity contribution >= 4 is 23.0 Å². The SMILES string of the molecule is Cc1ccc(NC(=S)N2CCC[C@H](C)C2)cc1C. The molecule has 0 spiro atoms. The molecular formula is C15H22N2S. The van der Waals surface area contributed by atoms with Crippen LogP contribution in [0.5, 0.6) is 0 Å². The van der Waals surface area contributed by atoms with Crippen molar-refractivity contribution in [1.82, 2.24) is 4.90 Å². The molecule has 1 fully saturated rings. The Morgan fingerprint density at radius 1 is 1.33 bits per heavy atom. The largest absolute Gasteiger partial charge is 0.349 e. The van der Waals surface area contributed by atoms with Crippen LogP contribution in [0.3, 0.4) is 0 Å². The van der Waals surface area contributed by atoms with Crippen molar-refractivity contribution in [2.45, 2.75) is 33.6 Å². The number of aryl methyl sites for hydroxylation is 2. The van der Waals surface area contributed by atoms with Crippen LogP contribution < -0.4 is 5.32 Å². The summed E-state index contributed by atoms with van der Waals surface area (Å²) >= 11 is 5.50. The molecule has 0 saturated carbocycles. The minimum absolute atomic E-state index is 0.748. The molecule has 0 aromatic heterocycles. The molecule has 2 nitrogen and oxygen atoms in total. The van der Waals surface area contributed by atoms with Crippen LogP contribution in [0, 0.1) is 19.8 Å². The third-order valence-corrected chi connectivity index (χ3v) is 4.06. The van der Waals surface area contributed by atoms with Crippen LogP contribution in [0.4, 0.5) is 5.69 Å². The van der Waals surface area contributed by atoms with Gasteiger partial charge in [-0.15, -0.1) is 0 Å². The summed E-state index contributed by atoms with van der Waals surface area (Å²) in [6.45, 7) is 8.72. The second-order valence-corrected chi connectivity index (χ2v) is 5.81. The highest BCUT2D eigenvalue weighted by atomic mass is 32.1. The summed E-state index contributed by atoms with van der Waals surface area (Å²) in [5, 5.41) is 4.22. The number of thiocarbonyl (C=S) groups is 1. The number of rotatable bonds is 1. The number of nitrogens with one attached hydrogen (secondary N) is 1. The Hall–Kier alpha value is -1.09. The Morgan fingerprint density at radius 3 is 2.78 bits per heavy atom. The van der Waals surface area contributed by atoms with Gasteiger partial charge in [0.1, 0.15) is 0 Å². The van der Waals surface area contributed by atoms with E-state index < -0.39 is 0 Å². The molecule has 1 aromatic rings. The summed E-state index contributed by atoms with van der Waals surface area (Å²) < 4.78 is 0. The summed E-state index contributed by atoms with van der Waals surface area (Å²) in [5.74, 6) is 0.748. The normalized spacial score (nSPS) is 19.7. The molecule has 98 valence electrons. The maximum atomic E-state index is 5.50.